The van der Waals surface area contributed by atoms with E-state index < -0.39 is 0 Å². The van der Waals surface area contributed by atoms with Gasteiger partial charge >= 0.3 is 7.69 Å². The van der Waals surface area contributed by atoms with Gasteiger partial charge in [0.05, 0.1) is 17.1 Å². The molecule has 0 spiro atoms. The SMILES string of the molecule is CC1(C)c2cc(OBO)cc3c2N2c4c1cc(-c1ccccc1)cc4C(C)(C)c1cc(-c4ccccc4)cc(c12)C3(C)C. The summed E-state index contributed by atoms with van der Waals surface area (Å²) in [7, 11) is -0.352. The zero-order chi connectivity index (χ0) is 29.9. The molecule has 1 N–H and O–H groups in total. The van der Waals surface area contributed by atoms with Crippen LogP contribution in [0.15, 0.2) is 97.1 Å². The van der Waals surface area contributed by atoms with Gasteiger partial charge in [-0.3, -0.25) is 0 Å². The topological polar surface area (TPSA) is 32.7 Å². The Balaban J connectivity index is 1.54. The molecule has 0 atom stereocenters. The van der Waals surface area contributed by atoms with Crippen LogP contribution < -0.4 is 9.55 Å². The zero-order valence-electron chi connectivity index (χ0n) is 25.7. The van der Waals surface area contributed by atoms with E-state index in [1.54, 1.807) is 0 Å². The zero-order valence-corrected chi connectivity index (χ0v) is 25.7. The molecule has 8 rings (SSSR count). The van der Waals surface area contributed by atoms with Crippen molar-refractivity contribution in [2.45, 2.75) is 57.8 Å². The van der Waals surface area contributed by atoms with Crippen LogP contribution >= 0.6 is 0 Å². The molecule has 0 saturated heterocycles. The van der Waals surface area contributed by atoms with Crippen LogP contribution in [0.4, 0.5) is 17.1 Å². The first kappa shape index (κ1) is 26.4. The Kier molecular flexibility index (Phi) is 5.30. The monoisotopic (exact) mass is 561 g/mol. The fraction of sp³-hybridized carbons (Fsp3) is 0.231. The minimum absolute atomic E-state index is 0.235. The smallest absolute Gasteiger partial charge is 0.504 e. The molecule has 3 aliphatic heterocycles. The second-order valence-corrected chi connectivity index (χ2v) is 13.9. The summed E-state index contributed by atoms with van der Waals surface area (Å²) in [5, 5.41) is 9.82. The van der Waals surface area contributed by atoms with Gasteiger partial charge in [-0.1, -0.05) is 102 Å². The summed E-state index contributed by atoms with van der Waals surface area (Å²) < 4.78 is 5.83. The first-order valence-electron chi connectivity index (χ1n) is 15.3. The van der Waals surface area contributed by atoms with Gasteiger partial charge in [-0.2, -0.15) is 0 Å². The lowest BCUT2D eigenvalue weighted by atomic mass is 9.60. The van der Waals surface area contributed by atoms with Crippen molar-refractivity contribution in [3.63, 3.8) is 0 Å². The lowest BCUT2D eigenvalue weighted by Gasteiger charge is -2.55. The summed E-state index contributed by atoms with van der Waals surface area (Å²) in [5.41, 5.74) is 15.8. The highest BCUT2D eigenvalue weighted by atomic mass is 16.5. The molecule has 43 heavy (non-hydrogen) atoms. The Morgan fingerprint density at radius 1 is 0.488 bits per heavy atom. The van der Waals surface area contributed by atoms with Crippen LogP contribution in [0.1, 0.15) is 74.9 Å². The van der Waals surface area contributed by atoms with E-state index in [1.807, 2.05) is 0 Å². The van der Waals surface area contributed by atoms with E-state index >= 15 is 0 Å². The highest BCUT2D eigenvalue weighted by Gasteiger charge is 2.52. The normalized spacial score (nSPS) is 17.2. The minimum Gasteiger partial charge on any atom is -0.539 e. The number of anilines is 3. The molecule has 0 unspecified atom stereocenters. The predicted molar refractivity (Wildman–Crippen MR) is 178 cm³/mol. The highest BCUT2D eigenvalue weighted by molar-refractivity contribution is 6.17. The van der Waals surface area contributed by atoms with E-state index in [0.717, 1.165) is 0 Å². The van der Waals surface area contributed by atoms with Crippen LogP contribution in [0.25, 0.3) is 22.3 Å². The van der Waals surface area contributed by atoms with E-state index in [-0.39, 0.29) is 23.9 Å². The third-order valence-electron chi connectivity index (χ3n) is 10.5. The van der Waals surface area contributed by atoms with Crippen LogP contribution in [0.3, 0.4) is 0 Å². The molecule has 0 aromatic heterocycles. The Labute approximate surface area is 255 Å². The van der Waals surface area contributed by atoms with Crippen molar-refractivity contribution >= 4 is 24.7 Å². The highest BCUT2D eigenvalue weighted by Crippen LogP contribution is 2.67. The Hall–Kier alpha value is -4.28. The van der Waals surface area contributed by atoms with Crippen LogP contribution in [-0.2, 0) is 16.2 Å². The maximum Gasteiger partial charge on any atom is 0.504 e. The van der Waals surface area contributed by atoms with E-state index in [1.165, 1.54) is 72.7 Å². The first-order chi connectivity index (χ1) is 20.5. The summed E-state index contributed by atoms with van der Waals surface area (Å²) in [4.78, 5) is 2.58. The molecule has 4 heteroatoms. The second-order valence-electron chi connectivity index (χ2n) is 13.9. The first-order valence-corrected chi connectivity index (χ1v) is 15.3. The van der Waals surface area contributed by atoms with Crippen molar-refractivity contribution in [2.24, 2.45) is 0 Å². The molecule has 3 aliphatic rings. The molecule has 0 radical (unpaired) electrons. The van der Waals surface area contributed by atoms with Gasteiger partial charge in [0.15, 0.2) is 0 Å². The summed E-state index contributed by atoms with van der Waals surface area (Å²) >= 11 is 0. The fourth-order valence-corrected chi connectivity index (χ4v) is 7.98. The summed E-state index contributed by atoms with van der Waals surface area (Å²) in [5.74, 6) is 0.709. The molecule has 0 saturated carbocycles. The second kappa shape index (κ2) is 8.64. The van der Waals surface area contributed by atoms with Gasteiger partial charge in [0.1, 0.15) is 5.75 Å². The molecule has 212 valence electrons. The molecular formula is C39H36BNO2. The quantitative estimate of drug-likeness (QED) is 0.222. The number of benzene rings is 5. The number of hydrogen-bond donors (Lipinski definition) is 1. The van der Waals surface area contributed by atoms with Crippen molar-refractivity contribution in [1.29, 1.82) is 0 Å². The fourth-order valence-electron chi connectivity index (χ4n) is 7.98. The van der Waals surface area contributed by atoms with Crippen molar-refractivity contribution in [1.82, 2.24) is 0 Å². The van der Waals surface area contributed by atoms with Gasteiger partial charge in [-0.15, -0.1) is 0 Å². The van der Waals surface area contributed by atoms with Gasteiger partial charge < -0.3 is 14.6 Å². The van der Waals surface area contributed by atoms with Gasteiger partial charge in [-0.25, -0.2) is 0 Å². The Morgan fingerprint density at radius 3 is 1.14 bits per heavy atom. The van der Waals surface area contributed by atoms with Gasteiger partial charge in [0.2, 0.25) is 0 Å². The van der Waals surface area contributed by atoms with Crippen LogP contribution in [0.5, 0.6) is 5.75 Å². The van der Waals surface area contributed by atoms with Gasteiger partial charge in [-0.05, 0) is 92.0 Å². The van der Waals surface area contributed by atoms with Gasteiger partial charge in [0, 0.05) is 16.2 Å². The molecule has 0 aliphatic carbocycles. The van der Waals surface area contributed by atoms with Crippen LogP contribution in [0, 0.1) is 0 Å². The number of hydrogen-bond acceptors (Lipinski definition) is 3. The maximum absolute atomic E-state index is 9.82. The van der Waals surface area contributed by atoms with E-state index in [9.17, 15) is 5.02 Å². The van der Waals surface area contributed by atoms with E-state index in [4.69, 9.17) is 4.65 Å². The lowest BCUT2D eigenvalue weighted by Crippen LogP contribution is -2.43. The van der Waals surface area contributed by atoms with Crippen molar-refractivity contribution < 1.29 is 9.68 Å². The largest absolute Gasteiger partial charge is 0.539 e. The standard InChI is InChI=1S/C39H36BNO2/c1-37(2)28-17-25(23-13-9-7-10-14-23)19-30-34(28)41-35-29(37)18-26(24-15-11-8-12-16-24)20-31(35)39(5,6)33-22-27(43-40-42)21-32(36(33)41)38(30,3)4/h7-22,40,42H,1-6H3. The molecule has 3 nitrogen and oxygen atoms in total. The third-order valence-corrected chi connectivity index (χ3v) is 10.5. The molecular weight excluding hydrogens is 525 g/mol. The molecule has 0 bridgehead atoms. The molecule has 0 amide bonds. The third kappa shape index (κ3) is 3.42. The molecule has 3 heterocycles. The summed E-state index contributed by atoms with van der Waals surface area (Å²) in [6.45, 7) is 14.2. The van der Waals surface area contributed by atoms with Gasteiger partial charge in [0.25, 0.3) is 0 Å². The molecule has 5 aromatic carbocycles. The molecule has 0 fully saturated rings. The van der Waals surface area contributed by atoms with Crippen molar-refractivity contribution in [2.75, 3.05) is 4.90 Å². The summed E-state index contributed by atoms with van der Waals surface area (Å²) in [6.07, 6.45) is 0. The van der Waals surface area contributed by atoms with E-state index in [2.05, 4.69) is 144 Å². The number of nitrogens with zero attached hydrogens (tertiary/aromatic N) is 1. The maximum atomic E-state index is 9.82. The van der Waals surface area contributed by atoms with Crippen LogP contribution in [-0.4, -0.2) is 12.7 Å². The predicted octanol–water partition coefficient (Wildman–Crippen LogP) is 9.05. The average molecular weight is 562 g/mol. The molecule has 5 aromatic rings. The minimum atomic E-state index is -0.352. The average Bonchev–Trinajstić information content (AvgIpc) is 3.00. The Bertz CT molecular complexity index is 1820. The number of rotatable bonds is 4. The van der Waals surface area contributed by atoms with E-state index in [0.29, 0.717) is 5.75 Å². The summed E-state index contributed by atoms with van der Waals surface area (Å²) in [6, 6.07) is 35.5. The van der Waals surface area contributed by atoms with Crippen LogP contribution in [0.2, 0.25) is 0 Å². The van der Waals surface area contributed by atoms with Crippen molar-refractivity contribution in [3.8, 4) is 28.0 Å². The lowest BCUT2D eigenvalue weighted by molar-refractivity contribution is 0.450. The van der Waals surface area contributed by atoms with Crippen molar-refractivity contribution in [3.05, 3.63) is 130 Å². The Morgan fingerprint density at radius 2 is 0.814 bits per heavy atom.